The Morgan fingerprint density at radius 3 is 2.84 bits per heavy atom. The van der Waals surface area contributed by atoms with Crippen LogP contribution >= 0.6 is 11.6 Å². The molecule has 0 atom stereocenters. The number of nitrogens with zero attached hydrogens (tertiary/aromatic N) is 4. The first-order chi connectivity index (χ1) is 9.19. The van der Waals surface area contributed by atoms with Crippen LogP contribution in [0.5, 0.6) is 6.01 Å². The second kappa shape index (κ2) is 6.86. The zero-order chi connectivity index (χ0) is 13.7. The summed E-state index contributed by atoms with van der Waals surface area (Å²) in [4.78, 5) is 14.5. The monoisotopic (exact) mass is 285 g/mol. The summed E-state index contributed by atoms with van der Waals surface area (Å²) in [6.45, 7) is 4.33. The minimum Gasteiger partial charge on any atom is -0.463 e. The second-order valence-electron chi connectivity index (χ2n) is 4.70. The number of hydrogen-bond acceptors (Lipinski definition) is 6. The molecule has 0 unspecified atom stereocenters. The van der Waals surface area contributed by atoms with E-state index in [1.165, 1.54) is 12.8 Å². The van der Waals surface area contributed by atoms with Crippen molar-refractivity contribution in [3.63, 3.8) is 0 Å². The van der Waals surface area contributed by atoms with E-state index >= 15 is 0 Å². The molecule has 6 nitrogen and oxygen atoms in total. The summed E-state index contributed by atoms with van der Waals surface area (Å²) in [6.07, 6.45) is 3.52. The van der Waals surface area contributed by atoms with E-state index in [0.29, 0.717) is 12.6 Å². The summed E-state index contributed by atoms with van der Waals surface area (Å²) in [5.74, 6) is 0.468. The van der Waals surface area contributed by atoms with E-state index in [4.69, 9.17) is 16.3 Å². The van der Waals surface area contributed by atoms with Gasteiger partial charge >= 0.3 is 6.01 Å². The van der Waals surface area contributed by atoms with Crippen LogP contribution in [0.1, 0.15) is 26.2 Å². The van der Waals surface area contributed by atoms with Gasteiger partial charge < -0.3 is 15.0 Å². The molecule has 1 heterocycles. The Kier molecular flexibility index (Phi) is 5.15. The first-order valence-corrected chi connectivity index (χ1v) is 7.05. The first kappa shape index (κ1) is 14.3. The van der Waals surface area contributed by atoms with E-state index in [-0.39, 0.29) is 11.3 Å². The average Bonchev–Trinajstić information content (AvgIpc) is 3.20. The van der Waals surface area contributed by atoms with E-state index in [0.717, 1.165) is 25.6 Å². The van der Waals surface area contributed by atoms with Gasteiger partial charge in [-0.3, -0.25) is 0 Å². The number of halogens is 1. The van der Waals surface area contributed by atoms with Gasteiger partial charge in [0, 0.05) is 19.1 Å². The minimum absolute atomic E-state index is 0.152. The van der Waals surface area contributed by atoms with Crippen molar-refractivity contribution < 1.29 is 4.74 Å². The number of rotatable bonds is 8. The van der Waals surface area contributed by atoms with Gasteiger partial charge in [0.15, 0.2) is 0 Å². The summed E-state index contributed by atoms with van der Waals surface area (Å²) >= 11 is 5.84. The highest BCUT2D eigenvalue weighted by atomic mass is 35.5. The Morgan fingerprint density at radius 1 is 1.37 bits per heavy atom. The van der Waals surface area contributed by atoms with Crippen molar-refractivity contribution in [2.24, 2.45) is 0 Å². The van der Waals surface area contributed by atoms with Gasteiger partial charge in [0.25, 0.3) is 0 Å². The van der Waals surface area contributed by atoms with Crippen molar-refractivity contribution in [3.05, 3.63) is 5.28 Å². The van der Waals surface area contributed by atoms with E-state index in [1.807, 2.05) is 6.92 Å². The topological polar surface area (TPSA) is 63.2 Å². The molecule has 1 saturated carbocycles. The smallest absolute Gasteiger partial charge is 0.322 e. The third-order valence-electron chi connectivity index (χ3n) is 2.94. The van der Waals surface area contributed by atoms with E-state index < -0.39 is 0 Å². The van der Waals surface area contributed by atoms with Gasteiger partial charge in [-0.15, -0.1) is 0 Å². The van der Waals surface area contributed by atoms with Gasteiger partial charge in [0.1, 0.15) is 0 Å². The van der Waals surface area contributed by atoms with Crippen molar-refractivity contribution in [2.45, 2.75) is 32.2 Å². The van der Waals surface area contributed by atoms with Crippen LogP contribution in [-0.4, -0.2) is 52.6 Å². The molecule has 1 aromatic heterocycles. The molecule has 0 aromatic carbocycles. The highest BCUT2D eigenvalue weighted by Gasteiger charge is 2.25. The fourth-order valence-electron chi connectivity index (χ4n) is 1.71. The molecule has 0 aliphatic heterocycles. The largest absolute Gasteiger partial charge is 0.463 e. The number of ether oxygens (including phenoxy) is 1. The molecule has 1 aliphatic rings. The Hall–Kier alpha value is -1.14. The summed E-state index contributed by atoms with van der Waals surface area (Å²) in [5, 5.41) is 3.30. The van der Waals surface area contributed by atoms with E-state index in [2.05, 4.69) is 32.2 Å². The van der Waals surface area contributed by atoms with Crippen molar-refractivity contribution in [1.82, 2.24) is 19.9 Å². The second-order valence-corrected chi connectivity index (χ2v) is 5.04. The van der Waals surface area contributed by atoms with Gasteiger partial charge in [-0.1, -0.05) is 6.92 Å². The molecule has 0 amide bonds. The maximum atomic E-state index is 5.84. The van der Waals surface area contributed by atoms with Gasteiger partial charge in [-0.25, -0.2) is 0 Å². The Morgan fingerprint density at radius 2 is 2.16 bits per heavy atom. The first-order valence-electron chi connectivity index (χ1n) is 6.67. The van der Waals surface area contributed by atoms with Crippen LogP contribution in [-0.2, 0) is 0 Å². The molecule has 106 valence electrons. The van der Waals surface area contributed by atoms with Crippen molar-refractivity contribution in [3.8, 4) is 6.01 Å². The van der Waals surface area contributed by atoms with Crippen molar-refractivity contribution in [1.29, 1.82) is 0 Å². The third kappa shape index (κ3) is 4.80. The number of likely N-dealkylation sites (N-methyl/N-ethyl adjacent to an activating group) is 1. The molecule has 0 spiro atoms. The molecule has 1 N–H and O–H groups in total. The van der Waals surface area contributed by atoms with Crippen LogP contribution in [0.4, 0.5) is 5.95 Å². The van der Waals surface area contributed by atoms with Gasteiger partial charge in [-0.2, -0.15) is 15.0 Å². The minimum atomic E-state index is 0.152. The quantitative estimate of drug-likeness (QED) is 0.786. The molecule has 1 aliphatic carbocycles. The molecule has 1 fully saturated rings. The molecule has 0 saturated heterocycles. The summed E-state index contributed by atoms with van der Waals surface area (Å²) in [7, 11) is 2.13. The van der Waals surface area contributed by atoms with Crippen molar-refractivity contribution >= 4 is 17.5 Å². The zero-order valence-corrected chi connectivity index (χ0v) is 12.2. The predicted octanol–water partition coefficient (Wildman–Crippen LogP) is 1.82. The van der Waals surface area contributed by atoms with Gasteiger partial charge in [0.2, 0.25) is 11.2 Å². The Balaban J connectivity index is 1.82. The van der Waals surface area contributed by atoms with Crippen LogP contribution in [0.25, 0.3) is 0 Å². The molecule has 0 radical (unpaired) electrons. The SMILES string of the molecule is CCCOc1nc(Cl)nc(NCCN(C)C2CC2)n1. The van der Waals surface area contributed by atoms with Crippen LogP contribution in [0.2, 0.25) is 5.28 Å². The van der Waals surface area contributed by atoms with Gasteiger partial charge in [-0.05, 0) is 37.9 Å². The lowest BCUT2D eigenvalue weighted by molar-refractivity contribution is 0.291. The van der Waals surface area contributed by atoms with Crippen LogP contribution in [0.3, 0.4) is 0 Å². The molecular weight excluding hydrogens is 266 g/mol. The highest BCUT2D eigenvalue weighted by Crippen LogP contribution is 2.24. The molecule has 19 heavy (non-hydrogen) atoms. The summed E-state index contributed by atoms with van der Waals surface area (Å²) < 4.78 is 5.36. The predicted molar refractivity (Wildman–Crippen MR) is 74.8 cm³/mol. The summed E-state index contributed by atoms with van der Waals surface area (Å²) in [5.41, 5.74) is 0. The number of aromatic nitrogens is 3. The summed E-state index contributed by atoms with van der Waals surface area (Å²) in [6, 6.07) is 1.03. The van der Waals surface area contributed by atoms with Crippen LogP contribution in [0, 0.1) is 0 Å². The molecule has 1 aromatic rings. The Labute approximate surface area is 118 Å². The van der Waals surface area contributed by atoms with Crippen LogP contribution in [0.15, 0.2) is 0 Å². The molecule has 7 heteroatoms. The highest BCUT2D eigenvalue weighted by molar-refractivity contribution is 6.28. The average molecular weight is 286 g/mol. The maximum absolute atomic E-state index is 5.84. The third-order valence-corrected chi connectivity index (χ3v) is 3.11. The van der Waals surface area contributed by atoms with Crippen LogP contribution < -0.4 is 10.1 Å². The van der Waals surface area contributed by atoms with E-state index in [1.54, 1.807) is 0 Å². The fourth-order valence-corrected chi connectivity index (χ4v) is 1.86. The fraction of sp³-hybridized carbons (Fsp3) is 0.750. The molecule has 2 rings (SSSR count). The lowest BCUT2D eigenvalue weighted by atomic mass is 10.5. The van der Waals surface area contributed by atoms with Crippen molar-refractivity contribution in [2.75, 3.05) is 32.1 Å². The lowest BCUT2D eigenvalue weighted by Crippen LogP contribution is -2.27. The lowest BCUT2D eigenvalue weighted by Gasteiger charge is -2.15. The zero-order valence-electron chi connectivity index (χ0n) is 11.4. The number of anilines is 1. The Bertz CT molecular complexity index is 413. The maximum Gasteiger partial charge on any atom is 0.322 e. The molecular formula is C12H20ClN5O. The van der Waals surface area contributed by atoms with E-state index in [9.17, 15) is 0 Å². The normalized spacial score (nSPS) is 14.7. The van der Waals surface area contributed by atoms with Gasteiger partial charge in [0.05, 0.1) is 6.61 Å². The number of hydrogen-bond donors (Lipinski definition) is 1. The molecule has 0 bridgehead atoms. The number of nitrogens with one attached hydrogen (secondary N) is 1. The standard InChI is InChI=1S/C12H20ClN5O/c1-3-8-19-12-16-10(13)15-11(17-12)14-6-7-18(2)9-4-5-9/h9H,3-8H2,1-2H3,(H,14,15,16,17).